The molecule has 0 heterocycles. The molecule has 0 aromatic rings. The Morgan fingerprint density at radius 3 is 1.10 bits per heavy atom. The first kappa shape index (κ1) is 29.4. The first-order valence-electron chi connectivity index (χ1n) is 12.3. The van der Waals surface area contributed by atoms with Crippen LogP contribution in [-0.4, -0.2) is 62.4 Å². The highest BCUT2D eigenvalue weighted by atomic mass is 16.4. The van der Waals surface area contributed by atoms with Gasteiger partial charge in [-0.25, -0.2) is 14.4 Å². The number of hydrogen-bond acceptors (Lipinski definition) is 3. The summed E-state index contributed by atoms with van der Waals surface area (Å²) < 4.78 is -0.402. The third-order valence-electron chi connectivity index (χ3n) is 6.66. The minimum atomic E-state index is -1.12. The van der Waals surface area contributed by atoms with Gasteiger partial charge in [0.2, 0.25) is 0 Å². The molecule has 0 aromatic heterocycles. The second kappa shape index (κ2) is 16.1. The van der Waals surface area contributed by atoms with E-state index < -0.39 is 40.5 Å². The molecule has 7 heteroatoms. The molecular weight excluding hydrogens is 398 g/mol. The summed E-state index contributed by atoms with van der Waals surface area (Å²) in [4.78, 5) is 36.4. The summed E-state index contributed by atoms with van der Waals surface area (Å²) >= 11 is 0. The topological polar surface area (TPSA) is 112 Å². The number of quaternary nitrogens is 1. The molecule has 0 radical (unpaired) electrons. The lowest BCUT2D eigenvalue weighted by molar-refractivity contribution is -0.973. The second-order valence-corrected chi connectivity index (χ2v) is 8.69. The molecule has 0 aromatic carbocycles. The standard InChI is InChI=1S/C24H45NO6/c1-5-9-10-11-12-13-14-15-16-17-18-25(19(6-2)22(26)27,20(7-3)23(28)29)21(8-4)24(30)31/h19-21H,5-18H2,1-4H3,(H2-,26,27,28,29,30,31)/p+1. The lowest BCUT2D eigenvalue weighted by Gasteiger charge is -2.49. The molecule has 3 atom stereocenters. The molecule has 3 unspecified atom stereocenters. The zero-order valence-electron chi connectivity index (χ0n) is 20.1. The first-order chi connectivity index (χ1) is 14.7. The van der Waals surface area contributed by atoms with Gasteiger partial charge in [0.15, 0.2) is 18.1 Å². The van der Waals surface area contributed by atoms with E-state index in [1.54, 1.807) is 20.8 Å². The van der Waals surface area contributed by atoms with Crippen LogP contribution >= 0.6 is 0 Å². The predicted molar refractivity (Wildman–Crippen MR) is 122 cm³/mol. The van der Waals surface area contributed by atoms with Gasteiger partial charge in [-0.15, -0.1) is 0 Å². The molecule has 0 fully saturated rings. The van der Waals surface area contributed by atoms with Crippen molar-refractivity contribution in [3.8, 4) is 0 Å². The maximum atomic E-state index is 12.1. The molecule has 0 rings (SSSR count). The highest BCUT2D eigenvalue weighted by Gasteiger charge is 2.55. The number of nitrogens with zero attached hydrogens (tertiary/aromatic N) is 1. The second-order valence-electron chi connectivity index (χ2n) is 8.69. The largest absolute Gasteiger partial charge is 0.477 e. The number of aliphatic carboxylic acids is 3. The Bertz CT molecular complexity index is 481. The van der Waals surface area contributed by atoms with Gasteiger partial charge < -0.3 is 15.3 Å². The lowest BCUT2D eigenvalue weighted by atomic mass is 9.93. The number of rotatable bonds is 20. The van der Waals surface area contributed by atoms with Crippen LogP contribution in [0.25, 0.3) is 0 Å². The van der Waals surface area contributed by atoms with Crippen molar-refractivity contribution in [2.75, 3.05) is 6.54 Å². The Morgan fingerprint density at radius 2 is 0.839 bits per heavy atom. The van der Waals surface area contributed by atoms with Crippen LogP contribution in [0.15, 0.2) is 0 Å². The zero-order chi connectivity index (χ0) is 23.9. The number of carboxylic acids is 3. The predicted octanol–water partition coefficient (Wildman–Crippen LogP) is 5.31. The molecule has 0 amide bonds. The van der Waals surface area contributed by atoms with Crippen LogP contribution in [0.5, 0.6) is 0 Å². The van der Waals surface area contributed by atoms with Crippen molar-refractivity contribution in [3.05, 3.63) is 0 Å². The summed E-state index contributed by atoms with van der Waals surface area (Å²) in [6, 6.07) is -3.16. The summed E-state index contributed by atoms with van der Waals surface area (Å²) in [5.41, 5.74) is 0. The Morgan fingerprint density at radius 1 is 0.548 bits per heavy atom. The van der Waals surface area contributed by atoms with E-state index in [0.29, 0.717) is 6.42 Å². The lowest BCUT2D eigenvalue weighted by Crippen LogP contribution is -2.72. The van der Waals surface area contributed by atoms with Gasteiger partial charge in [-0.3, -0.25) is 4.48 Å². The SMILES string of the molecule is CCCCCCCCCCCC[N+](C(CC)C(=O)O)(C(CC)C(=O)O)C(CC)C(=O)O. The Kier molecular flexibility index (Phi) is 15.2. The molecule has 0 aliphatic carbocycles. The minimum Gasteiger partial charge on any atom is -0.477 e. The third-order valence-corrected chi connectivity index (χ3v) is 6.66. The van der Waals surface area contributed by atoms with Crippen LogP contribution in [0.3, 0.4) is 0 Å². The molecule has 0 spiro atoms. The summed E-state index contributed by atoms with van der Waals surface area (Å²) in [6.07, 6.45) is 11.7. The Labute approximate surface area is 188 Å². The van der Waals surface area contributed by atoms with Crippen LogP contribution in [0, 0.1) is 0 Å². The van der Waals surface area contributed by atoms with Crippen molar-refractivity contribution in [1.29, 1.82) is 0 Å². The van der Waals surface area contributed by atoms with Gasteiger partial charge in [0.25, 0.3) is 0 Å². The fourth-order valence-electron chi connectivity index (χ4n) is 5.15. The van der Waals surface area contributed by atoms with E-state index in [9.17, 15) is 29.7 Å². The van der Waals surface area contributed by atoms with Gasteiger partial charge in [-0.2, -0.15) is 0 Å². The monoisotopic (exact) mass is 444 g/mol. The van der Waals surface area contributed by atoms with Gasteiger partial charge in [-0.05, 0) is 12.8 Å². The molecule has 0 aliphatic rings. The molecule has 3 N–H and O–H groups in total. The van der Waals surface area contributed by atoms with Gasteiger partial charge >= 0.3 is 17.9 Å². The van der Waals surface area contributed by atoms with Crippen molar-refractivity contribution >= 4 is 17.9 Å². The van der Waals surface area contributed by atoms with E-state index in [-0.39, 0.29) is 25.8 Å². The summed E-state index contributed by atoms with van der Waals surface area (Å²) in [6.45, 7) is 7.57. The maximum Gasteiger partial charge on any atom is 0.362 e. The third kappa shape index (κ3) is 8.79. The molecule has 0 saturated carbocycles. The highest BCUT2D eigenvalue weighted by Crippen LogP contribution is 2.32. The van der Waals surface area contributed by atoms with E-state index in [4.69, 9.17) is 0 Å². The van der Waals surface area contributed by atoms with Crippen LogP contribution in [0.4, 0.5) is 0 Å². The molecule has 0 aliphatic heterocycles. The van der Waals surface area contributed by atoms with Crippen molar-refractivity contribution in [1.82, 2.24) is 0 Å². The van der Waals surface area contributed by atoms with Crippen molar-refractivity contribution in [2.45, 2.75) is 129 Å². The highest BCUT2D eigenvalue weighted by molar-refractivity contribution is 5.78. The van der Waals surface area contributed by atoms with E-state index >= 15 is 0 Å². The summed E-state index contributed by atoms with van der Waals surface area (Å²) in [5.74, 6) is -3.35. The van der Waals surface area contributed by atoms with Crippen LogP contribution < -0.4 is 0 Å². The molecular formula is C24H46NO6+. The van der Waals surface area contributed by atoms with Crippen molar-refractivity contribution < 1.29 is 34.2 Å². The van der Waals surface area contributed by atoms with Crippen LogP contribution in [0.1, 0.15) is 111 Å². The van der Waals surface area contributed by atoms with Crippen LogP contribution in [0.2, 0.25) is 0 Å². The fourth-order valence-corrected chi connectivity index (χ4v) is 5.15. The van der Waals surface area contributed by atoms with E-state index in [1.807, 2.05) is 0 Å². The van der Waals surface area contributed by atoms with Gasteiger partial charge in [0, 0.05) is 19.3 Å². The Hall–Kier alpha value is -1.63. The quantitative estimate of drug-likeness (QED) is 0.173. The first-order valence-corrected chi connectivity index (χ1v) is 12.3. The summed E-state index contributed by atoms with van der Waals surface area (Å²) in [7, 11) is 0. The molecule has 182 valence electrons. The average molecular weight is 445 g/mol. The van der Waals surface area contributed by atoms with Crippen molar-refractivity contribution in [2.24, 2.45) is 0 Å². The smallest absolute Gasteiger partial charge is 0.362 e. The number of unbranched alkanes of at least 4 members (excludes halogenated alkanes) is 9. The Balaban J connectivity index is 5.41. The number of carboxylic acid groups (broad SMARTS) is 3. The normalized spacial score (nSPS) is 16.3. The maximum absolute atomic E-state index is 12.1. The van der Waals surface area contributed by atoms with Crippen LogP contribution in [-0.2, 0) is 14.4 Å². The number of carbonyl (C=O) groups is 3. The van der Waals surface area contributed by atoms with Gasteiger partial charge in [0.05, 0.1) is 6.54 Å². The zero-order valence-corrected chi connectivity index (χ0v) is 20.1. The fraction of sp³-hybridized carbons (Fsp3) is 0.875. The molecule has 0 saturated heterocycles. The summed E-state index contributed by atoms with van der Waals surface area (Å²) in [5, 5.41) is 29.8. The number of hydrogen-bond donors (Lipinski definition) is 3. The molecule has 7 nitrogen and oxygen atoms in total. The average Bonchev–Trinajstić information content (AvgIpc) is 2.69. The molecule has 31 heavy (non-hydrogen) atoms. The van der Waals surface area contributed by atoms with E-state index in [0.717, 1.165) is 19.3 Å². The minimum absolute atomic E-state index is 0.195. The van der Waals surface area contributed by atoms with E-state index in [1.165, 1.54) is 38.5 Å². The van der Waals surface area contributed by atoms with Gasteiger partial charge in [0.1, 0.15) is 0 Å². The van der Waals surface area contributed by atoms with Gasteiger partial charge in [-0.1, -0.05) is 79.1 Å². The van der Waals surface area contributed by atoms with Crippen molar-refractivity contribution in [3.63, 3.8) is 0 Å². The molecule has 0 bridgehead atoms. The van der Waals surface area contributed by atoms with E-state index in [2.05, 4.69) is 6.92 Å².